The molecular formula is C17H17F3N4O3S. The Morgan fingerprint density at radius 3 is 2.54 bits per heavy atom. The number of nitrogens with zero attached hydrogens (tertiary/aromatic N) is 3. The molecule has 1 saturated carbocycles. The highest BCUT2D eigenvalue weighted by Crippen LogP contribution is 2.37. The molecule has 28 heavy (non-hydrogen) atoms. The number of hydrogen-bond donors (Lipinski definition) is 1. The van der Waals surface area contributed by atoms with Gasteiger partial charge in [-0.3, -0.25) is 14.9 Å². The first-order valence-corrected chi connectivity index (χ1v) is 9.49. The largest absolute Gasteiger partial charge is 0.435 e. The van der Waals surface area contributed by atoms with Gasteiger partial charge in [-0.2, -0.15) is 13.2 Å². The molecule has 2 aromatic rings. The molecule has 1 N–H and O–H groups in total. The molecule has 1 amide bonds. The molecular weight excluding hydrogens is 397 g/mol. The lowest BCUT2D eigenvalue weighted by Crippen LogP contribution is -2.18. The van der Waals surface area contributed by atoms with Crippen LogP contribution in [0.3, 0.4) is 0 Å². The van der Waals surface area contributed by atoms with Gasteiger partial charge in [-0.25, -0.2) is 9.97 Å². The number of hydrogen-bond acceptors (Lipinski definition) is 6. The predicted octanol–water partition coefficient (Wildman–Crippen LogP) is 5.07. The second kappa shape index (κ2) is 7.82. The van der Waals surface area contributed by atoms with Crippen LogP contribution in [0.25, 0.3) is 0 Å². The van der Waals surface area contributed by atoms with E-state index in [1.807, 2.05) is 0 Å². The van der Waals surface area contributed by atoms with Crippen LogP contribution in [0.15, 0.2) is 12.1 Å². The summed E-state index contributed by atoms with van der Waals surface area (Å²) < 4.78 is 39.2. The summed E-state index contributed by atoms with van der Waals surface area (Å²) >= 11 is 0.630. The zero-order chi connectivity index (χ0) is 20.5. The van der Waals surface area contributed by atoms with Gasteiger partial charge >= 0.3 is 6.18 Å². The summed E-state index contributed by atoms with van der Waals surface area (Å²) in [7, 11) is 0. The Morgan fingerprint density at radius 2 is 1.93 bits per heavy atom. The van der Waals surface area contributed by atoms with Crippen molar-refractivity contribution in [2.75, 3.05) is 5.32 Å². The first-order valence-electron chi connectivity index (χ1n) is 8.68. The number of anilines is 1. The molecule has 0 aromatic carbocycles. The number of pyridine rings is 1. The number of thiazole rings is 1. The topological polar surface area (TPSA) is 98.0 Å². The second-order valence-electron chi connectivity index (χ2n) is 6.56. The number of amides is 1. The Morgan fingerprint density at radius 1 is 1.25 bits per heavy atom. The van der Waals surface area contributed by atoms with Gasteiger partial charge in [0.15, 0.2) is 5.69 Å². The van der Waals surface area contributed by atoms with Crippen molar-refractivity contribution in [2.45, 2.75) is 51.1 Å². The van der Waals surface area contributed by atoms with Crippen molar-refractivity contribution in [2.24, 2.45) is 0 Å². The van der Waals surface area contributed by atoms with E-state index < -0.39 is 27.6 Å². The van der Waals surface area contributed by atoms with Crippen LogP contribution >= 0.6 is 11.3 Å². The van der Waals surface area contributed by atoms with Crippen LogP contribution in [0, 0.1) is 17.0 Å². The van der Waals surface area contributed by atoms with Gasteiger partial charge in [0.25, 0.3) is 11.6 Å². The smallest absolute Gasteiger partial charge is 0.306 e. The van der Waals surface area contributed by atoms with Crippen LogP contribution in [-0.2, 0) is 6.18 Å². The maximum absolute atomic E-state index is 13.1. The Hall–Kier alpha value is -2.56. The van der Waals surface area contributed by atoms with Gasteiger partial charge in [0, 0.05) is 12.0 Å². The van der Waals surface area contributed by atoms with E-state index in [9.17, 15) is 28.1 Å². The lowest BCUT2D eigenvalue weighted by molar-refractivity contribution is -0.386. The number of nitrogens with one attached hydrogen (secondary N) is 1. The van der Waals surface area contributed by atoms with E-state index in [1.165, 1.54) is 19.1 Å². The molecule has 0 saturated heterocycles. The van der Waals surface area contributed by atoms with Crippen LogP contribution in [-0.4, -0.2) is 20.8 Å². The van der Waals surface area contributed by atoms with Gasteiger partial charge < -0.3 is 5.32 Å². The van der Waals surface area contributed by atoms with Crippen LogP contribution in [0.1, 0.15) is 64.1 Å². The van der Waals surface area contributed by atoms with Crippen molar-refractivity contribution in [3.05, 3.63) is 43.5 Å². The Bertz CT molecular complexity index is 908. The lowest BCUT2D eigenvalue weighted by Gasteiger charge is -2.21. The molecule has 2 heterocycles. The van der Waals surface area contributed by atoms with E-state index in [2.05, 4.69) is 15.3 Å². The standard InChI is InChI=1S/C17H17F3N4O3S/c1-9-21-15(17(18,19)20)14(28-9)16(25)23-12-8-7-11(24(26)27)13(22-12)10-5-3-2-4-6-10/h7-8,10H,2-6H2,1H3,(H,22,23,25). The quantitative estimate of drug-likeness (QED) is 0.556. The molecule has 7 nitrogen and oxygen atoms in total. The highest BCUT2D eigenvalue weighted by atomic mass is 32.1. The van der Waals surface area contributed by atoms with E-state index in [0.29, 0.717) is 11.3 Å². The van der Waals surface area contributed by atoms with Crippen molar-refractivity contribution in [1.29, 1.82) is 0 Å². The van der Waals surface area contributed by atoms with Crippen LogP contribution in [0.4, 0.5) is 24.7 Å². The van der Waals surface area contributed by atoms with Crippen molar-refractivity contribution in [1.82, 2.24) is 9.97 Å². The van der Waals surface area contributed by atoms with Crippen molar-refractivity contribution >= 4 is 28.7 Å². The monoisotopic (exact) mass is 414 g/mol. The molecule has 0 radical (unpaired) electrons. The van der Waals surface area contributed by atoms with Gasteiger partial charge in [-0.15, -0.1) is 11.3 Å². The summed E-state index contributed by atoms with van der Waals surface area (Å²) in [5.74, 6) is -1.12. The van der Waals surface area contributed by atoms with E-state index in [-0.39, 0.29) is 28.1 Å². The van der Waals surface area contributed by atoms with Crippen LogP contribution in [0.2, 0.25) is 0 Å². The first-order chi connectivity index (χ1) is 13.2. The summed E-state index contributed by atoms with van der Waals surface area (Å²) in [6.07, 6.45) is -0.362. The third-order valence-corrected chi connectivity index (χ3v) is 5.51. The fourth-order valence-corrected chi connectivity index (χ4v) is 4.15. The zero-order valence-corrected chi connectivity index (χ0v) is 15.7. The van der Waals surface area contributed by atoms with Gasteiger partial charge in [0.2, 0.25) is 0 Å². The molecule has 0 aliphatic heterocycles. The average molecular weight is 414 g/mol. The summed E-state index contributed by atoms with van der Waals surface area (Å²) in [6.45, 7) is 1.38. The van der Waals surface area contributed by atoms with Crippen molar-refractivity contribution < 1.29 is 22.9 Å². The highest BCUT2D eigenvalue weighted by molar-refractivity contribution is 7.13. The predicted molar refractivity (Wildman–Crippen MR) is 96.5 cm³/mol. The van der Waals surface area contributed by atoms with Gasteiger partial charge in [0.1, 0.15) is 16.4 Å². The summed E-state index contributed by atoms with van der Waals surface area (Å²) in [6, 6.07) is 2.46. The van der Waals surface area contributed by atoms with E-state index in [4.69, 9.17) is 0 Å². The number of carbonyl (C=O) groups is 1. The minimum absolute atomic E-state index is 0.0182. The number of halogens is 3. The molecule has 1 aliphatic rings. The fraction of sp³-hybridized carbons (Fsp3) is 0.471. The number of aromatic nitrogens is 2. The summed E-state index contributed by atoms with van der Waals surface area (Å²) in [5, 5.41) is 13.8. The first kappa shape index (κ1) is 20.2. The van der Waals surface area contributed by atoms with Crippen LogP contribution in [0.5, 0.6) is 0 Å². The van der Waals surface area contributed by atoms with Crippen molar-refractivity contribution in [3.63, 3.8) is 0 Å². The fourth-order valence-electron chi connectivity index (χ4n) is 3.31. The third-order valence-electron chi connectivity index (χ3n) is 4.54. The lowest BCUT2D eigenvalue weighted by atomic mass is 9.86. The number of alkyl halides is 3. The molecule has 11 heteroatoms. The molecule has 0 spiro atoms. The number of carbonyl (C=O) groups excluding carboxylic acids is 1. The third kappa shape index (κ3) is 4.29. The van der Waals surface area contributed by atoms with Crippen molar-refractivity contribution in [3.8, 4) is 0 Å². The minimum Gasteiger partial charge on any atom is -0.306 e. The minimum atomic E-state index is -4.76. The summed E-state index contributed by atoms with van der Waals surface area (Å²) in [4.78, 5) is 30.2. The summed E-state index contributed by atoms with van der Waals surface area (Å²) in [5.41, 5.74) is -1.13. The zero-order valence-electron chi connectivity index (χ0n) is 14.9. The molecule has 150 valence electrons. The SMILES string of the molecule is Cc1nc(C(F)(F)F)c(C(=O)Nc2ccc([N+](=O)[O-])c(C3CCCCC3)n2)s1. The molecule has 2 aromatic heterocycles. The van der Waals surface area contributed by atoms with Gasteiger partial charge in [-0.05, 0) is 25.8 Å². The molecule has 0 atom stereocenters. The molecule has 3 rings (SSSR count). The van der Waals surface area contributed by atoms with E-state index in [0.717, 1.165) is 32.1 Å². The Kier molecular flexibility index (Phi) is 5.64. The highest BCUT2D eigenvalue weighted by Gasteiger charge is 2.39. The normalized spacial score (nSPS) is 15.4. The Labute approximate surface area is 162 Å². The van der Waals surface area contributed by atoms with E-state index >= 15 is 0 Å². The second-order valence-corrected chi connectivity index (χ2v) is 7.76. The Balaban J connectivity index is 1.91. The molecule has 0 bridgehead atoms. The number of nitro groups is 1. The van der Waals surface area contributed by atoms with Gasteiger partial charge in [0.05, 0.1) is 9.93 Å². The number of aryl methyl sites for hydroxylation is 1. The van der Waals surface area contributed by atoms with Gasteiger partial charge in [-0.1, -0.05) is 19.3 Å². The van der Waals surface area contributed by atoms with Crippen LogP contribution < -0.4 is 5.32 Å². The molecule has 1 fully saturated rings. The molecule has 0 unspecified atom stereocenters. The van der Waals surface area contributed by atoms with E-state index in [1.54, 1.807) is 0 Å². The maximum atomic E-state index is 13.1. The maximum Gasteiger partial charge on any atom is 0.435 e. The number of rotatable bonds is 4. The molecule has 1 aliphatic carbocycles. The average Bonchev–Trinajstić information content (AvgIpc) is 3.05.